The number of rotatable bonds is 1. The number of furan rings is 1. The molecule has 2 heterocycles. The second kappa shape index (κ2) is 2.88. The Morgan fingerprint density at radius 3 is 2.94 bits per heavy atom. The molecule has 0 radical (unpaired) electrons. The summed E-state index contributed by atoms with van der Waals surface area (Å²) in [5.41, 5.74) is 1.64. The van der Waals surface area contributed by atoms with Gasteiger partial charge in [-0.3, -0.25) is 4.79 Å². The number of carbonyl (C=O) groups excluding carboxylic acids is 1. The third-order valence-corrected chi connectivity index (χ3v) is 2.85. The molecule has 3 rings (SSSR count). The van der Waals surface area contributed by atoms with Crippen molar-refractivity contribution in [3.8, 4) is 5.75 Å². The Morgan fingerprint density at radius 2 is 2.19 bits per heavy atom. The molecule has 3 heteroatoms. The average molecular weight is 216 g/mol. The Balaban J connectivity index is 2.26. The lowest BCUT2D eigenvalue weighted by Gasteiger charge is -2.16. The Bertz CT molecular complexity index is 578. The SMILES string of the molecule is CC1(C)Cc2ccc3cc(C=O)oc3c2O1. The molecule has 1 aliphatic heterocycles. The van der Waals surface area contributed by atoms with Gasteiger partial charge < -0.3 is 9.15 Å². The first-order valence-corrected chi connectivity index (χ1v) is 5.29. The Morgan fingerprint density at radius 1 is 1.38 bits per heavy atom. The van der Waals surface area contributed by atoms with E-state index in [4.69, 9.17) is 9.15 Å². The third kappa shape index (κ3) is 1.24. The summed E-state index contributed by atoms with van der Waals surface area (Å²) in [6, 6.07) is 5.74. The molecule has 16 heavy (non-hydrogen) atoms. The highest BCUT2D eigenvalue weighted by molar-refractivity contribution is 5.90. The van der Waals surface area contributed by atoms with E-state index in [2.05, 4.69) is 0 Å². The van der Waals surface area contributed by atoms with Gasteiger partial charge in [-0.25, -0.2) is 0 Å². The van der Waals surface area contributed by atoms with Crippen LogP contribution in [0.5, 0.6) is 5.75 Å². The number of carbonyl (C=O) groups is 1. The van der Waals surface area contributed by atoms with Gasteiger partial charge in [0.1, 0.15) is 5.60 Å². The molecule has 1 aromatic carbocycles. The van der Waals surface area contributed by atoms with Gasteiger partial charge in [-0.15, -0.1) is 0 Å². The van der Waals surface area contributed by atoms with Gasteiger partial charge in [-0.05, 0) is 19.9 Å². The summed E-state index contributed by atoms with van der Waals surface area (Å²) in [5.74, 6) is 1.13. The molecule has 0 fully saturated rings. The van der Waals surface area contributed by atoms with E-state index in [0.717, 1.165) is 23.1 Å². The van der Waals surface area contributed by atoms with Crippen LogP contribution in [0.15, 0.2) is 22.6 Å². The standard InChI is InChI=1S/C13H12O3/c1-13(2)6-9-4-3-8-5-10(7-14)15-11(8)12(9)16-13/h3-5,7H,6H2,1-2H3. The third-order valence-electron chi connectivity index (χ3n) is 2.85. The van der Waals surface area contributed by atoms with Crippen molar-refractivity contribution in [2.24, 2.45) is 0 Å². The fourth-order valence-corrected chi connectivity index (χ4v) is 2.22. The number of hydrogen-bond donors (Lipinski definition) is 0. The van der Waals surface area contributed by atoms with Crippen LogP contribution in [0, 0.1) is 0 Å². The van der Waals surface area contributed by atoms with Crippen LogP contribution in [0.2, 0.25) is 0 Å². The summed E-state index contributed by atoms with van der Waals surface area (Å²) in [6.45, 7) is 4.09. The maximum absolute atomic E-state index is 10.7. The van der Waals surface area contributed by atoms with Crippen LogP contribution in [0.25, 0.3) is 11.0 Å². The van der Waals surface area contributed by atoms with Crippen LogP contribution >= 0.6 is 0 Å². The van der Waals surface area contributed by atoms with Crippen molar-refractivity contribution in [2.75, 3.05) is 0 Å². The summed E-state index contributed by atoms with van der Waals surface area (Å²) in [6.07, 6.45) is 1.59. The number of benzene rings is 1. The van der Waals surface area contributed by atoms with Gasteiger partial charge in [0.25, 0.3) is 0 Å². The van der Waals surface area contributed by atoms with Gasteiger partial charge in [0, 0.05) is 17.4 Å². The molecule has 0 aliphatic carbocycles. The first-order chi connectivity index (χ1) is 7.59. The van der Waals surface area contributed by atoms with Gasteiger partial charge in [-0.2, -0.15) is 0 Å². The highest BCUT2D eigenvalue weighted by atomic mass is 16.5. The lowest BCUT2D eigenvalue weighted by molar-refractivity contribution is 0.110. The van der Waals surface area contributed by atoms with E-state index in [0.29, 0.717) is 17.6 Å². The molecule has 82 valence electrons. The molecule has 0 saturated carbocycles. The minimum Gasteiger partial charge on any atom is -0.483 e. The summed E-state index contributed by atoms with van der Waals surface area (Å²) >= 11 is 0. The number of fused-ring (bicyclic) bond motifs is 3. The molecule has 1 aliphatic rings. The summed E-state index contributed by atoms with van der Waals surface area (Å²) < 4.78 is 11.3. The molecule has 0 spiro atoms. The molecule has 1 aromatic heterocycles. The van der Waals surface area contributed by atoms with Crippen molar-refractivity contribution in [2.45, 2.75) is 25.9 Å². The van der Waals surface area contributed by atoms with Crippen LogP contribution in [-0.2, 0) is 6.42 Å². The minimum atomic E-state index is -0.190. The zero-order valence-corrected chi connectivity index (χ0v) is 9.24. The van der Waals surface area contributed by atoms with Crippen molar-refractivity contribution in [3.05, 3.63) is 29.5 Å². The highest BCUT2D eigenvalue weighted by Gasteiger charge is 2.32. The number of hydrogen-bond acceptors (Lipinski definition) is 3. The van der Waals surface area contributed by atoms with Crippen LogP contribution in [0.4, 0.5) is 0 Å². The van der Waals surface area contributed by atoms with Crippen molar-refractivity contribution in [1.82, 2.24) is 0 Å². The van der Waals surface area contributed by atoms with Crippen molar-refractivity contribution < 1.29 is 13.9 Å². The monoisotopic (exact) mass is 216 g/mol. The van der Waals surface area contributed by atoms with Gasteiger partial charge in [-0.1, -0.05) is 12.1 Å². The molecule has 0 unspecified atom stereocenters. The van der Waals surface area contributed by atoms with Crippen molar-refractivity contribution in [3.63, 3.8) is 0 Å². The van der Waals surface area contributed by atoms with Crippen molar-refractivity contribution >= 4 is 17.3 Å². The van der Waals surface area contributed by atoms with Crippen LogP contribution in [0.3, 0.4) is 0 Å². The van der Waals surface area contributed by atoms with E-state index < -0.39 is 0 Å². The number of ether oxygens (including phenoxy) is 1. The zero-order valence-electron chi connectivity index (χ0n) is 9.24. The lowest BCUT2D eigenvalue weighted by Crippen LogP contribution is -2.24. The van der Waals surface area contributed by atoms with E-state index in [-0.39, 0.29) is 5.60 Å². The molecule has 3 nitrogen and oxygen atoms in total. The van der Waals surface area contributed by atoms with Gasteiger partial charge in [0.15, 0.2) is 23.4 Å². The molecular weight excluding hydrogens is 204 g/mol. The first-order valence-electron chi connectivity index (χ1n) is 5.29. The van der Waals surface area contributed by atoms with E-state index in [9.17, 15) is 4.79 Å². The molecule has 0 amide bonds. The number of aldehydes is 1. The highest BCUT2D eigenvalue weighted by Crippen LogP contribution is 2.41. The van der Waals surface area contributed by atoms with Crippen LogP contribution < -0.4 is 4.74 Å². The van der Waals surface area contributed by atoms with Gasteiger partial charge in [0.2, 0.25) is 0 Å². The summed E-state index contributed by atoms with van der Waals surface area (Å²) in [4.78, 5) is 10.7. The molecule has 0 N–H and O–H groups in total. The van der Waals surface area contributed by atoms with E-state index in [1.165, 1.54) is 0 Å². The van der Waals surface area contributed by atoms with E-state index in [1.54, 1.807) is 6.07 Å². The van der Waals surface area contributed by atoms with E-state index in [1.807, 2.05) is 26.0 Å². The Kier molecular flexibility index (Phi) is 1.70. The van der Waals surface area contributed by atoms with Gasteiger partial charge >= 0.3 is 0 Å². The van der Waals surface area contributed by atoms with E-state index >= 15 is 0 Å². The lowest BCUT2D eigenvalue weighted by atomic mass is 10.0. The smallest absolute Gasteiger partial charge is 0.185 e. The largest absolute Gasteiger partial charge is 0.483 e. The van der Waals surface area contributed by atoms with Gasteiger partial charge in [0.05, 0.1) is 0 Å². The summed E-state index contributed by atoms with van der Waals surface area (Å²) in [7, 11) is 0. The molecule has 0 atom stereocenters. The van der Waals surface area contributed by atoms with Crippen molar-refractivity contribution in [1.29, 1.82) is 0 Å². The second-order valence-corrected chi connectivity index (χ2v) is 4.78. The normalized spacial score (nSPS) is 17.1. The fraction of sp³-hybridized carbons (Fsp3) is 0.308. The molecule has 0 bridgehead atoms. The van der Waals surface area contributed by atoms with Crippen LogP contribution in [0.1, 0.15) is 30.0 Å². The predicted molar refractivity (Wildman–Crippen MR) is 60.0 cm³/mol. The molecular formula is C13H12O3. The Hall–Kier alpha value is -1.77. The first kappa shape index (κ1) is 9.46. The maximum Gasteiger partial charge on any atom is 0.185 e. The topological polar surface area (TPSA) is 39.4 Å². The summed E-state index contributed by atoms with van der Waals surface area (Å²) in [5, 5.41) is 0.915. The maximum atomic E-state index is 10.7. The quantitative estimate of drug-likeness (QED) is 0.688. The predicted octanol–water partition coefficient (Wildman–Crippen LogP) is 2.96. The molecule has 2 aromatic rings. The average Bonchev–Trinajstić information content (AvgIpc) is 2.75. The molecule has 0 saturated heterocycles. The fourth-order valence-electron chi connectivity index (χ4n) is 2.22. The zero-order chi connectivity index (χ0) is 11.3. The Labute approximate surface area is 93.0 Å². The minimum absolute atomic E-state index is 0.190. The second-order valence-electron chi connectivity index (χ2n) is 4.78. The van der Waals surface area contributed by atoms with Crippen LogP contribution in [-0.4, -0.2) is 11.9 Å².